The number of aryl methyl sites for hydroxylation is 1. The van der Waals surface area contributed by atoms with Crippen molar-refractivity contribution in [1.82, 2.24) is 4.57 Å². The molecular formula is C14H13BrN2O3. The van der Waals surface area contributed by atoms with Crippen LogP contribution in [0.15, 0.2) is 41.0 Å². The van der Waals surface area contributed by atoms with Gasteiger partial charge in [0, 0.05) is 16.4 Å². The number of carboxylic acids is 1. The van der Waals surface area contributed by atoms with E-state index in [4.69, 9.17) is 5.11 Å². The van der Waals surface area contributed by atoms with Crippen LogP contribution >= 0.6 is 15.9 Å². The first-order valence-corrected chi connectivity index (χ1v) is 6.71. The molecule has 104 valence electrons. The minimum absolute atomic E-state index is 0.243. The first-order chi connectivity index (χ1) is 9.47. The fourth-order valence-electron chi connectivity index (χ4n) is 1.77. The van der Waals surface area contributed by atoms with Crippen LogP contribution in [0.4, 0.5) is 5.69 Å². The van der Waals surface area contributed by atoms with Crippen LogP contribution in [0.1, 0.15) is 16.1 Å². The summed E-state index contributed by atoms with van der Waals surface area (Å²) in [5, 5.41) is 11.5. The van der Waals surface area contributed by atoms with Gasteiger partial charge in [0.2, 0.25) is 0 Å². The second-order valence-electron chi connectivity index (χ2n) is 4.33. The molecule has 0 radical (unpaired) electrons. The Balaban J connectivity index is 2.17. The number of nitrogens with zero attached hydrogens (tertiary/aromatic N) is 1. The van der Waals surface area contributed by atoms with Crippen molar-refractivity contribution >= 4 is 33.5 Å². The molecular weight excluding hydrogens is 324 g/mol. The summed E-state index contributed by atoms with van der Waals surface area (Å²) in [5.74, 6) is -1.33. The van der Waals surface area contributed by atoms with Crippen molar-refractivity contribution in [2.24, 2.45) is 0 Å². The molecule has 0 unspecified atom stereocenters. The van der Waals surface area contributed by atoms with Crippen molar-refractivity contribution in [2.75, 3.05) is 5.32 Å². The summed E-state index contributed by atoms with van der Waals surface area (Å²) in [5.41, 5.74) is 2.02. The summed E-state index contributed by atoms with van der Waals surface area (Å²) in [7, 11) is 0. The first-order valence-electron chi connectivity index (χ1n) is 5.92. The molecule has 2 aromatic rings. The molecule has 0 saturated carbocycles. The van der Waals surface area contributed by atoms with E-state index in [0.717, 1.165) is 10.0 Å². The highest BCUT2D eigenvalue weighted by Crippen LogP contribution is 2.21. The van der Waals surface area contributed by atoms with Gasteiger partial charge in [-0.2, -0.15) is 0 Å². The quantitative estimate of drug-likeness (QED) is 0.901. The fraction of sp³-hybridized carbons (Fsp3) is 0.143. The molecule has 0 bridgehead atoms. The maximum absolute atomic E-state index is 12.1. The molecule has 1 aromatic heterocycles. The lowest BCUT2D eigenvalue weighted by Crippen LogP contribution is -2.19. The number of aliphatic carboxylic acids is 1. The lowest BCUT2D eigenvalue weighted by atomic mass is 10.2. The molecule has 1 amide bonds. The number of anilines is 1. The number of rotatable bonds is 4. The number of carbonyl (C=O) groups excluding carboxylic acids is 1. The van der Waals surface area contributed by atoms with E-state index in [1.807, 2.05) is 13.0 Å². The van der Waals surface area contributed by atoms with E-state index in [-0.39, 0.29) is 12.5 Å². The highest BCUT2D eigenvalue weighted by Gasteiger charge is 2.13. The van der Waals surface area contributed by atoms with E-state index in [1.54, 1.807) is 30.5 Å². The van der Waals surface area contributed by atoms with Gasteiger partial charge in [-0.25, -0.2) is 0 Å². The zero-order valence-corrected chi connectivity index (χ0v) is 12.3. The summed E-state index contributed by atoms with van der Waals surface area (Å²) in [6.07, 6.45) is 1.56. The van der Waals surface area contributed by atoms with Crippen molar-refractivity contribution in [3.63, 3.8) is 0 Å². The Morgan fingerprint density at radius 3 is 2.75 bits per heavy atom. The number of halogens is 1. The molecule has 0 fully saturated rings. The smallest absolute Gasteiger partial charge is 0.323 e. The predicted molar refractivity (Wildman–Crippen MR) is 78.9 cm³/mol. The third-order valence-corrected chi connectivity index (χ3v) is 3.65. The maximum Gasteiger partial charge on any atom is 0.323 e. The second-order valence-corrected chi connectivity index (χ2v) is 5.19. The molecule has 0 aliphatic rings. The summed E-state index contributed by atoms with van der Waals surface area (Å²) >= 11 is 3.40. The third-order valence-electron chi connectivity index (χ3n) is 2.80. The highest BCUT2D eigenvalue weighted by molar-refractivity contribution is 9.10. The van der Waals surface area contributed by atoms with Crippen LogP contribution in [0.2, 0.25) is 0 Å². The largest absolute Gasteiger partial charge is 0.480 e. The maximum atomic E-state index is 12.1. The van der Waals surface area contributed by atoms with Gasteiger partial charge in [0.05, 0.1) is 0 Å². The van der Waals surface area contributed by atoms with Gasteiger partial charge >= 0.3 is 5.97 Å². The van der Waals surface area contributed by atoms with Crippen molar-refractivity contribution in [1.29, 1.82) is 0 Å². The minimum atomic E-state index is -0.992. The lowest BCUT2D eigenvalue weighted by Gasteiger charge is -2.09. The topological polar surface area (TPSA) is 71.3 Å². The van der Waals surface area contributed by atoms with Gasteiger partial charge in [-0.15, -0.1) is 0 Å². The summed E-state index contributed by atoms with van der Waals surface area (Å²) in [6, 6.07) is 8.71. The molecule has 2 N–H and O–H groups in total. The second kappa shape index (κ2) is 5.92. The van der Waals surface area contributed by atoms with E-state index in [9.17, 15) is 9.59 Å². The molecule has 6 heteroatoms. The van der Waals surface area contributed by atoms with Crippen LogP contribution in [0.25, 0.3) is 0 Å². The van der Waals surface area contributed by atoms with Crippen molar-refractivity contribution < 1.29 is 14.7 Å². The Labute approximate surface area is 124 Å². The van der Waals surface area contributed by atoms with Gasteiger partial charge in [0.1, 0.15) is 12.2 Å². The molecule has 0 saturated heterocycles. The van der Waals surface area contributed by atoms with Gasteiger partial charge in [-0.1, -0.05) is 22.0 Å². The van der Waals surface area contributed by atoms with Crippen LogP contribution in [-0.2, 0) is 11.3 Å². The highest BCUT2D eigenvalue weighted by atomic mass is 79.9. The third kappa shape index (κ3) is 3.27. The van der Waals surface area contributed by atoms with E-state index < -0.39 is 5.97 Å². The van der Waals surface area contributed by atoms with Crippen molar-refractivity contribution in [3.05, 3.63) is 52.3 Å². The average molecular weight is 337 g/mol. The standard InChI is InChI=1S/C14H13BrN2O3/c1-9-4-5-10(7-11(9)15)16-14(20)12-3-2-6-17(12)8-13(18)19/h2-7H,8H2,1H3,(H,16,20)(H,18,19). The van der Waals surface area contributed by atoms with Crippen molar-refractivity contribution in [2.45, 2.75) is 13.5 Å². The lowest BCUT2D eigenvalue weighted by molar-refractivity contribution is -0.137. The monoisotopic (exact) mass is 336 g/mol. The van der Waals surface area contributed by atoms with E-state index in [1.165, 1.54) is 4.57 Å². The number of hydrogen-bond donors (Lipinski definition) is 2. The zero-order valence-electron chi connectivity index (χ0n) is 10.8. The number of benzene rings is 1. The Kier molecular flexibility index (Phi) is 4.24. The minimum Gasteiger partial charge on any atom is -0.480 e. The molecule has 0 atom stereocenters. The average Bonchev–Trinajstić information content (AvgIpc) is 2.81. The van der Waals surface area contributed by atoms with Gasteiger partial charge in [-0.3, -0.25) is 9.59 Å². The number of carboxylic acid groups (broad SMARTS) is 1. The SMILES string of the molecule is Cc1ccc(NC(=O)c2cccn2CC(=O)O)cc1Br. The number of amides is 1. The molecule has 0 aliphatic carbocycles. The van der Waals surface area contributed by atoms with Crippen LogP contribution in [-0.4, -0.2) is 21.6 Å². The predicted octanol–water partition coefficient (Wildman–Crippen LogP) is 2.90. The van der Waals surface area contributed by atoms with Gasteiger partial charge in [-0.05, 0) is 36.8 Å². The molecule has 1 heterocycles. The number of carbonyl (C=O) groups is 2. The molecule has 1 aromatic carbocycles. The summed E-state index contributed by atoms with van der Waals surface area (Å²) in [4.78, 5) is 22.9. The Bertz CT molecular complexity index is 664. The zero-order chi connectivity index (χ0) is 14.7. The first kappa shape index (κ1) is 14.3. The Morgan fingerprint density at radius 2 is 2.10 bits per heavy atom. The molecule has 20 heavy (non-hydrogen) atoms. The fourth-order valence-corrected chi connectivity index (χ4v) is 2.15. The molecule has 5 nitrogen and oxygen atoms in total. The van der Waals surface area contributed by atoms with E-state index in [2.05, 4.69) is 21.2 Å². The van der Waals surface area contributed by atoms with Crippen LogP contribution in [0.3, 0.4) is 0 Å². The van der Waals surface area contributed by atoms with Crippen molar-refractivity contribution in [3.8, 4) is 0 Å². The van der Waals surface area contributed by atoms with Crippen LogP contribution < -0.4 is 5.32 Å². The molecule has 2 rings (SSSR count). The molecule has 0 spiro atoms. The summed E-state index contributed by atoms with van der Waals surface area (Å²) in [6.45, 7) is 1.71. The van der Waals surface area contributed by atoms with Crippen LogP contribution in [0.5, 0.6) is 0 Å². The Hall–Kier alpha value is -2.08. The van der Waals surface area contributed by atoms with E-state index >= 15 is 0 Å². The van der Waals surface area contributed by atoms with Crippen LogP contribution in [0, 0.1) is 6.92 Å². The van der Waals surface area contributed by atoms with Gasteiger partial charge in [0.15, 0.2) is 0 Å². The Morgan fingerprint density at radius 1 is 1.35 bits per heavy atom. The normalized spacial score (nSPS) is 10.3. The number of hydrogen-bond acceptors (Lipinski definition) is 2. The van der Waals surface area contributed by atoms with Gasteiger partial charge in [0.25, 0.3) is 5.91 Å². The number of aromatic nitrogens is 1. The summed E-state index contributed by atoms with van der Waals surface area (Å²) < 4.78 is 2.29. The number of nitrogens with one attached hydrogen (secondary N) is 1. The van der Waals surface area contributed by atoms with E-state index in [0.29, 0.717) is 11.4 Å². The van der Waals surface area contributed by atoms with Gasteiger partial charge < -0.3 is 15.0 Å². The molecule has 0 aliphatic heterocycles.